The van der Waals surface area contributed by atoms with Gasteiger partial charge in [-0.2, -0.15) is 0 Å². The molecule has 0 heterocycles. The topological polar surface area (TPSA) is 0 Å². The van der Waals surface area contributed by atoms with Crippen molar-refractivity contribution in [2.24, 2.45) is 0 Å². The minimum Gasteiger partial charge on any atom is -1.00 e. The van der Waals surface area contributed by atoms with Crippen LogP contribution in [0.25, 0.3) is 0 Å². The molecule has 0 aliphatic heterocycles. The van der Waals surface area contributed by atoms with E-state index in [1.807, 2.05) is 0 Å². The Hall–Kier alpha value is -0.530. The summed E-state index contributed by atoms with van der Waals surface area (Å²) in [5.41, 5.74) is 1.52. The van der Waals surface area contributed by atoms with E-state index in [9.17, 15) is 0 Å². The Morgan fingerprint density at radius 2 is 1.11 bits per heavy atom. The predicted octanol–water partition coefficient (Wildman–Crippen LogP) is 4.92. The lowest BCUT2D eigenvalue weighted by molar-refractivity contribution is -0.920. The van der Waals surface area contributed by atoms with Crippen LogP contribution in [0, 0.1) is 0 Å². The zero-order valence-corrected chi connectivity index (χ0v) is 19.4. The fourth-order valence-electron chi connectivity index (χ4n) is 3.99. The van der Waals surface area contributed by atoms with Crippen molar-refractivity contribution in [1.82, 2.24) is 0 Å². The van der Waals surface area contributed by atoms with Crippen LogP contribution >= 0.6 is 0 Å². The summed E-state index contributed by atoms with van der Waals surface area (Å²) in [7, 11) is 4.77. The van der Waals surface area contributed by atoms with Gasteiger partial charge in [0.15, 0.2) is 0 Å². The highest BCUT2D eigenvalue weighted by molar-refractivity contribution is 5.17. The molecule has 1 rings (SSSR count). The smallest absolute Gasteiger partial charge is 0.114 e. The number of quaternary nitrogens is 1. The first-order valence-electron chi connectivity index (χ1n) is 11.5. The second-order valence-corrected chi connectivity index (χ2v) is 8.70. The molecule has 158 valence electrons. The van der Waals surface area contributed by atoms with Crippen LogP contribution in [0.3, 0.4) is 0 Å². The maximum atomic E-state index is 2.39. The maximum Gasteiger partial charge on any atom is 0.114 e. The highest BCUT2D eigenvalue weighted by Crippen LogP contribution is 2.30. The largest absolute Gasteiger partial charge is 1.00 e. The molecule has 27 heavy (non-hydrogen) atoms. The maximum absolute atomic E-state index is 2.39. The van der Waals surface area contributed by atoms with Gasteiger partial charge in [0.2, 0.25) is 0 Å². The summed E-state index contributed by atoms with van der Waals surface area (Å²) in [5, 5.41) is 0. The summed E-state index contributed by atoms with van der Waals surface area (Å²) >= 11 is 0. The van der Waals surface area contributed by atoms with E-state index in [1.165, 1.54) is 95.6 Å². The van der Waals surface area contributed by atoms with Crippen molar-refractivity contribution in [3.8, 4) is 0 Å². The van der Waals surface area contributed by atoms with Gasteiger partial charge in [0.25, 0.3) is 0 Å². The number of hydrogen-bond acceptors (Lipinski definition) is 0. The molecule has 0 spiro atoms. The lowest BCUT2D eigenvalue weighted by Crippen LogP contribution is -3.00. The third-order valence-electron chi connectivity index (χ3n) is 6.17. The van der Waals surface area contributed by atoms with Crippen molar-refractivity contribution >= 4 is 0 Å². The average molecular weight is 396 g/mol. The Kier molecular flexibility index (Phi) is 16.1. The molecule has 1 atom stereocenters. The van der Waals surface area contributed by atoms with E-state index < -0.39 is 0 Å². The van der Waals surface area contributed by atoms with E-state index in [1.54, 1.807) is 0 Å². The number of hydrogen-bond donors (Lipinski definition) is 0. The summed E-state index contributed by atoms with van der Waals surface area (Å²) in [6, 6.07) is 11.8. The summed E-state index contributed by atoms with van der Waals surface area (Å²) < 4.78 is 1.10. The molecule has 2 heteroatoms. The summed E-state index contributed by atoms with van der Waals surface area (Å²) in [5.74, 6) is 0. The normalized spacial score (nSPS) is 12.6. The van der Waals surface area contributed by atoms with Crippen LogP contribution in [0.1, 0.15) is 109 Å². The lowest BCUT2D eigenvalue weighted by Gasteiger charge is -2.37. The molecular weight excluding hydrogens is 350 g/mol. The van der Waals surface area contributed by atoms with Crippen molar-refractivity contribution in [3.05, 3.63) is 35.9 Å². The van der Waals surface area contributed by atoms with Crippen LogP contribution in [0.4, 0.5) is 0 Å². The molecule has 0 aliphatic carbocycles. The van der Waals surface area contributed by atoms with Crippen LogP contribution < -0.4 is 12.4 Å². The monoisotopic (exact) mass is 395 g/mol. The van der Waals surface area contributed by atoms with Gasteiger partial charge in [-0.05, 0) is 13.3 Å². The van der Waals surface area contributed by atoms with Crippen LogP contribution in [0.15, 0.2) is 30.3 Å². The van der Waals surface area contributed by atoms with Gasteiger partial charge in [0.05, 0.1) is 20.6 Å². The third kappa shape index (κ3) is 11.8. The van der Waals surface area contributed by atoms with Crippen molar-refractivity contribution in [2.75, 3.05) is 20.6 Å². The van der Waals surface area contributed by atoms with Crippen LogP contribution in [-0.2, 0) is 0 Å². The Morgan fingerprint density at radius 1 is 0.667 bits per heavy atom. The highest BCUT2D eigenvalue weighted by Gasteiger charge is 2.27. The molecule has 1 aromatic carbocycles. The quantitative estimate of drug-likeness (QED) is 0.275. The van der Waals surface area contributed by atoms with Crippen molar-refractivity contribution < 1.29 is 16.9 Å². The number of halogens is 1. The van der Waals surface area contributed by atoms with Gasteiger partial charge in [-0.3, -0.25) is 0 Å². The molecule has 0 bridgehead atoms. The second-order valence-electron chi connectivity index (χ2n) is 8.70. The fraction of sp³-hybridized carbons (Fsp3) is 0.760. The Balaban J connectivity index is 0.00000676. The molecule has 1 aromatic rings. The standard InChI is InChI=1S/C25H46N.ClH/c1-5-7-8-9-10-11-12-13-14-15-16-20-23-25(26(3,4)6-2)24-21-18-17-19-22-24;/h17-19,21-22,25H,5-16,20,23H2,1-4H3;1H/q+1;/p-1. The van der Waals surface area contributed by atoms with E-state index in [-0.39, 0.29) is 12.4 Å². The number of benzene rings is 1. The summed E-state index contributed by atoms with van der Waals surface area (Å²) in [6.07, 6.45) is 18.5. The first-order valence-corrected chi connectivity index (χ1v) is 11.5. The summed E-state index contributed by atoms with van der Waals surface area (Å²) in [4.78, 5) is 0. The van der Waals surface area contributed by atoms with E-state index in [0.717, 1.165) is 4.48 Å². The van der Waals surface area contributed by atoms with Crippen LogP contribution in [0.5, 0.6) is 0 Å². The molecule has 0 aromatic heterocycles. The van der Waals surface area contributed by atoms with Gasteiger partial charge in [0, 0.05) is 12.0 Å². The van der Waals surface area contributed by atoms with Gasteiger partial charge in [0.1, 0.15) is 6.04 Å². The zero-order valence-electron chi connectivity index (χ0n) is 18.7. The minimum absolute atomic E-state index is 0. The first-order chi connectivity index (χ1) is 12.6. The van der Waals surface area contributed by atoms with Gasteiger partial charge in [-0.15, -0.1) is 0 Å². The average Bonchev–Trinajstić information content (AvgIpc) is 2.66. The number of nitrogens with zero attached hydrogens (tertiary/aromatic N) is 1. The fourth-order valence-corrected chi connectivity index (χ4v) is 3.99. The van der Waals surface area contributed by atoms with Crippen molar-refractivity contribution in [1.29, 1.82) is 0 Å². The molecule has 0 fully saturated rings. The van der Waals surface area contributed by atoms with Crippen LogP contribution in [0.2, 0.25) is 0 Å². The van der Waals surface area contributed by atoms with E-state index >= 15 is 0 Å². The molecule has 0 radical (unpaired) electrons. The lowest BCUT2D eigenvalue weighted by atomic mass is 9.96. The molecule has 0 amide bonds. The Labute approximate surface area is 176 Å². The molecule has 0 saturated heterocycles. The Morgan fingerprint density at radius 3 is 1.56 bits per heavy atom. The minimum atomic E-state index is 0. The van der Waals surface area contributed by atoms with Crippen molar-refractivity contribution in [2.45, 2.75) is 103 Å². The van der Waals surface area contributed by atoms with Gasteiger partial charge < -0.3 is 16.9 Å². The van der Waals surface area contributed by atoms with Gasteiger partial charge in [-0.1, -0.05) is 108 Å². The molecule has 0 aliphatic rings. The SMILES string of the molecule is CCCCCCCCCCCCCCC(c1ccccc1)[N+](C)(C)CC.[Cl-]. The molecule has 1 unspecified atom stereocenters. The Bertz CT molecular complexity index is 429. The second kappa shape index (κ2) is 16.4. The van der Waals surface area contributed by atoms with Crippen LogP contribution in [-0.4, -0.2) is 25.1 Å². The number of unbranched alkanes of at least 4 members (excludes halogenated alkanes) is 11. The number of rotatable bonds is 16. The van der Waals surface area contributed by atoms with E-state index in [4.69, 9.17) is 0 Å². The highest BCUT2D eigenvalue weighted by atomic mass is 35.5. The molecule has 1 nitrogen and oxygen atoms in total. The third-order valence-corrected chi connectivity index (χ3v) is 6.17. The van der Waals surface area contributed by atoms with Gasteiger partial charge in [-0.25, -0.2) is 0 Å². The molecule has 0 saturated carbocycles. The van der Waals surface area contributed by atoms with Gasteiger partial charge >= 0.3 is 0 Å². The molecule has 0 N–H and O–H groups in total. The van der Waals surface area contributed by atoms with Crippen molar-refractivity contribution in [3.63, 3.8) is 0 Å². The zero-order chi connectivity index (χ0) is 19.1. The van der Waals surface area contributed by atoms with E-state index in [0.29, 0.717) is 6.04 Å². The first kappa shape index (κ1) is 26.5. The predicted molar refractivity (Wildman–Crippen MR) is 118 cm³/mol. The van der Waals surface area contributed by atoms with E-state index in [2.05, 4.69) is 58.3 Å². The molecular formula is C25H46ClN. The summed E-state index contributed by atoms with van der Waals surface area (Å²) in [6.45, 7) is 5.81.